The fourth-order valence-corrected chi connectivity index (χ4v) is 1.86. The highest BCUT2D eigenvalue weighted by Crippen LogP contribution is 2.10. The number of pyridine rings is 2. The van der Waals surface area contributed by atoms with Gasteiger partial charge in [0.2, 0.25) is 0 Å². The molecule has 0 saturated heterocycles. The Labute approximate surface area is 109 Å². The first-order chi connectivity index (χ1) is 8.34. The van der Waals surface area contributed by atoms with E-state index in [1.807, 2.05) is 30.5 Å². The molecule has 2 heterocycles. The Kier molecular flexibility index (Phi) is 4.64. The average molecular weight is 293 g/mol. The number of halogens is 1. The summed E-state index contributed by atoms with van der Waals surface area (Å²) in [4.78, 5) is 8.32. The van der Waals surface area contributed by atoms with Crippen molar-refractivity contribution in [2.75, 3.05) is 6.61 Å². The maximum atomic E-state index is 5.58. The minimum Gasteiger partial charge on any atom is -0.376 e. The highest BCUT2D eigenvalue weighted by molar-refractivity contribution is 9.10. The molecule has 0 N–H and O–H groups in total. The molecule has 0 aliphatic heterocycles. The average Bonchev–Trinajstić information content (AvgIpc) is 2.36. The third kappa shape index (κ3) is 4.24. The normalized spacial score (nSPS) is 10.4. The standard InChI is InChI=1S/C13H13BrN2O/c14-12-7-11(8-15-9-12)10-17-6-4-13-3-1-2-5-16-13/h1-3,5,7-9H,4,6,10H2. The van der Waals surface area contributed by atoms with E-state index >= 15 is 0 Å². The molecule has 88 valence electrons. The zero-order chi connectivity index (χ0) is 11.9. The zero-order valence-corrected chi connectivity index (χ0v) is 10.9. The van der Waals surface area contributed by atoms with Gasteiger partial charge in [0.05, 0.1) is 13.2 Å². The first kappa shape index (κ1) is 12.2. The molecule has 3 nitrogen and oxygen atoms in total. The summed E-state index contributed by atoms with van der Waals surface area (Å²) in [5.41, 5.74) is 2.13. The lowest BCUT2D eigenvalue weighted by Gasteiger charge is -2.04. The molecule has 0 atom stereocenters. The van der Waals surface area contributed by atoms with E-state index < -0.39 is 0 Å². The van der Waals surface area contributed by atoms with Crippen molar-refractivity contribution < 1.29 is 4.74 Å². The first-order valence-corrected chi connectivity index (χ1v) is 6.21. The van der Waals surface area contributed by atoms with Gasteiger partial charge in [0.25, 0.3) is 0 Å². The zero-order valence-electron chi connectivity index (χ0n) is 9.34. The van der Waals surface area contributed by atoms with Crippen molar-refractivity contribution in [1.29, 1.82) is 0 Å². The molecule has 0 saturated carbocycles. The molecule has 0 aliphatic carbocycles. The molecule has 0 bridgehead atoms. The summed E-state index contributed by atoms with van der Waals surface area (Å²) in [7, 11) is 0. The molecule has 4 heteroatoms. The summed E-state index contributed by atoms with van der Waals surface area (Å²) in [6.45, 7) is 1.25. The maximum absolute atomic E-state index is 5.58. The van der Waals surface area contributed by atoms with Crippen molar-refractivity contribution in [2.24, 2.45) is 0 Å². The largest absolute Gasteiger partial charge is 0.376 e. The minimum atomic E-state index is 0.583. The Balaban J connectivity index is 1.73. The Bertz CT molecular complexity index is 462. The van der Waals surface area contributed by atoms with Crippen molar-refractivity contribution in [3.63, 3.8) is 0 Å². The smallest absolute Gasteiger partial charge is 0.0732 e. The molecule has 2 rings (SSSR count). The van der Waals surface area contributed by atoms with Crippen LogP contribution >= 0.6 is 15.9 Å². The fourth-order valence-electron chi connectivity index (χ4n) is 1.45. The Hall–Kier alpha value is -1.26. The SMILES string of the molecule is Brc1cncc(COCCc2ccccn2)c1. The van der Waals surface area contributed by atoms with E-state index in [9.17, 15) is 0 Å². The van der Waals surface area contributed by atoms with Gasteiger partial charge in [0, 0.05) is 35.2 Å². The van der Waals surface area contributed by atoms with Crippen LogP contribution in [0.5, 0.6) is 0 Å². The summed E-state index contributed by atoms with van der Waals surface area (Å²) in [5, 5.41) is 0. The van der Waals surface area contributed by atoms with Crippen LogP contribution in [0.25, 0.3) is 0 Å². The van der Waals surface area contributed by atoms with E-state index in [0.717, 1.165) is 22.2 Å². The van der Waals surface area contributed by atoms with Gasteiger partial charge in [0.15, 0.2) is 0 Å². The van der Waals surface area contributed by atoms with E-state index in [0.29, 0.717) is 13.2 Å². The van der Waals surface area contributed by atoms with Gasteiger partial charge in [-0.2, -0.15) is 0 Å². The number of ether oxygens (including phenoxy) is 1. The number of rotatable bonds is 5. The lowest BCUT2D eigenvalue weighted by molar-refractivity contribution is 0.123. The predicted molar refractivity (Wildman–Crippen MR) is 69.5 cm³/mol. The maximum Gasteiger partial charge on any atom is 0.0732 e. The van der Waals surface area contributed by atoms with Gasteiger partial charge in [0.1, 0.15) is 0 Å². The fraction of sp³-hybridized carbons (Fsp3) is 0.231. The summed E-state index contributed by atoms with van der Waals surface area (Å²) in [6, 6.07) is 7.91. The molecule has 2 aromatic rings. The quantitative estimate of drug-likeness (QED) is 0.795. The molecular formula is C13H13BrN2O. The van der Waals surface area contributed by atoms with Gasteiger partial charge >= 0.3 is 0 Å². The van der Waals surface area contributed by atoms with Crippen LogP contribution in [0.1, 0.15) is 11.3 Å². The van der Waals surface area contributed by atoms with E-state index in [-0.39, 0.29) is 0 Å². The van der Waals surface area contributed by atoms with Gasteiger partial charge in [-0.3, -0.25) is 9.97 Å². The molecule has 0 unspecified atom stereocenters. The molecule has 0 amide bonds. The second kappa shape index (κ2) is 6.47. The molecular weight excluding hydrogens is 280 g/mol. The summed E-state index contributed by atoms with van der Waals surface area (Å²) in [6.07, 6.45) is 6.21. The molecule has 0 fully saturated rings. The second-order valence-corrected chi connectivity index (χ2v) is 4.55. The third-order valence-electron chi connectivity index (χ3n) is 2.26. The van der Waals surface area contributed by atoms with E-state index in [1.54, 1.807) is 12.4 Å². The minimum absolute atomic E-state index is 0.583. The summed E-state index contributed by atoms with van der Waals surface area (Å²) in [5.74, 6) is 0. The van der Waals surface area contributed by atoms with Crippen LogP contribution in [0.4, 0.5) is 0 Å². The van der Waals surface area contributed by atoms with Crippen LogP contribution in [0.2, 0.25) is 0 Å². The van der Waals surface area contributed by atoms with Gasteiger partial charge in [-0.05, 0) is 39.7 Å². The van der Waals surface area contributed by atoms with Crippen molar-refractivity contribution >= 4 is 15.9 Å². The van der Waals surface area contributed by atoms with E-state index in [2.05, 4.69) is 25.9 Å². The van der Waals surface area contributed by atoms with Crippen molar-refractivity contribution in [1.82, 2.24) is 9.97 Å². The summed E-state index contributed by atoms with van der Waals surface area (Å²) < 4.78 is 6.55. The van der Waals surface area contributed by atoms with Crippen molar-refractivity contribution in [3.8, 4) is 0 Å². The highest BCUT2D eigenvalue weighted by atomic mass is 79.9. The van der Waals surface area contributed by atoms with Gasteiger partial charge in [-0.25, -0.2) is 0 Å². The van der Waals surface area contributed by atoms with Gasteiger partial charge < -0.3 is 4.74 Å². The van der Waals surface area contributed by atoms with E-state index in [4.69, 9.17) is 4.74 Å². The van der Waals surface area contributed by atoms with Gasteiger partial charge in [-0.1, -0.05) is 6.07 Å². The van der Waals surface area contributed by atoms with Crippen molar-refractivity contribution in [3.05, 3.63) is 58.6 Å². The Morgan fingerprint density at radius 2 is 2.18 bits per heavy atom. The number of nitrogens with zero attached hydrogens (tertiary/aromatic N) is 2. The van der Waals surface area contributed by atoms with E-state index in [1.165, 1.54) is 0 Å². The number of hydrogen-bond acceptors (Lipinski definition) is 3. The predicted octanol–water partition coefficient (Wildman–Crippen LogP) is 3.00. The summed E-state index contributed by atoms with van der Waals surface area (Å²) >= 11 is 3.38. The second-order valence-electron chi connectivity index (χ2n) is 3.64. The molecule has 0 aliphatic rings. The molecule has 0 radical (unpaired) electrons. The van der Waals surface area contributed by atoms with Crippen molar-refractivity contribution in [2.45, 2.75) is 13.0 Å². The van der Waals surface area contributed by atoms with Crippen LogP contribution in [0.15, 0.2) is 47.3 Å². The third-order valence-corrected chi connectivity index (χ3v) is 2.69. The van der Waals surface area contributed by atoms with Crippen LogP contribution in [-0.4, -0.2) is 16.6 Å². The topological polar surface area (TPSA) is 35.0 Å². The Morgan fingerprint density at radius 1 is 1.24 bits per heavy atom. The highest BCUT2D eigenvalue weighted by Gasteiger charge is 1.97. The first-order valence-electron chi connectivity index (χ1n) is 5.42. The Morgan fingerprint density at radius 3 is 2.94 bits per heavy atom. The monoisotopic (exact) mass is 292 g/mol. The van der Waals surface area contributed by atoms with Crippen LogP contribution in [0.3, 0.4) is 0 Å². The van der Waals surface area contributed by atoms with Crippen LogP contribution in [-0.2, 0) is 17.8 Å². The van der Waals surface area contributed by atoms with Crippen LogP contribution in [0, 0.1) is 0 Å². The van der Waals surface area contributed by atoms with Crippen LogP contribution < -0.4 is 0 Å². The molecule has 17 heavy (non-hydrogen) atoms. The lowest BCUT2D eigenvalue weighted by atomic mass is 10.3. The lowest BCUT2D eigenvalue weighted by Crippen LogP contribution is -2.00. The molecule has 2 aromatic heterocycles. The number of hydrogen-bond donors (Lipinski definition) is 0. The number of aromatic nitrogens is 2. The van der Waals surface area contributed by atoms with Gasteiger partial charge in [-0.15, -0.1) is 0 Å². The molecule has 0 aromatic carbocycles. The molecule has 0 spiro atoms.